The normalized spacial score (nSPS) is 13.2. The molecule has 3 heteroatoms. The molecule has 1 atom stereocenters. The number of halogens is 1. The van der Waals surface area contributed by atoms with Gasteiger partial charge in [-0.15, -0.1) is 0 Å². The molecule has 1 aromatic carbocycles. The topological polar surface area (TPSA) is 52.0 Å². The smallest absolute Gasteiger partial charge is 0.0178 e. The van der Waals surface area contributed by atoms with Gasteiger partial charge in [0.1, 0.15) is 0 Å². The summed E-state index contributed by atoms with van der Waals surface area (Å²) in [5.41, 5.74) is 12.6. The van der Waals surface area contributed by atoms with Crippen LogP contribution in [0.5, 0.6) is 0 Å². The lowest BCUT2D eigenvalue weighted by atomic mass is 9.88. The summed E-state index contributed by atoms with van der Waals surface area (Å²) in [5.74, 6) is 0.784. The molecule has 0 aliphatic heterocycles. The van der Waals surface area contributed by atoms with Crippen LogP contribution in [0.1, 0.15) is 18.4 Å². The van der Waals surface area contributed by atoms with E-state index in [2.05, 4.69) is 35.0 Å². The van der Waals surface area contributed by atoms with Gasteiger partial charge >= 0.3 is 0 Å². The maximum Gasteiger partial charge on any atom is 0.0178 e. The summed E-state index contributed by atoms with van der Waals surface area (Å²) >= 11 is 3.46. The van der Waals surface area contributed by atoms with Crippen molar-refractivity contribution in [1.82, 2.24) is 0 Å². The Bertz CT molecular complexity index is 284. The van der Waals surface area contributed by atoms with Crippen molar-refractivity contribution in [2.45, 2.75) is 12.8 Å². The second-order valence-electron chi connectivity index (χ2n) is 3.58. The highest BCUT2D eigenvalue weighted by Crippen LogP contribution is 2.25. The highest BCUT2D eigenvalue weighted by Gasteiger charge is 2.15. The molecule has 0 saturated heterocycles. The van der Waals surface area contributed by atoms with Gasteiger partial charge in [0.2, 0.25) is 0 Å². The number of benzene rings is 1. The second kappa shape index (κ2) is 5.49. The quantitative estimate of drug-likeness (QED) is 0.867. The number of hydrogen-bond acceptors (Lipinski definition) is 2. The Balaban J connectivity index is 2.82. The fourth-order valence-electron chi connectivity index (χ4n) is 1.57. The van der Waals surface area contributed by atoms with Crippen LogP contribution in [0, 0.1) is 5.92 Å². The largest absolute Gasteiger partial charge is 0.330 e. The van der Waals surface area contributed by atoms with E-state index in [9.17, 15) is 0 Å². The molecule has 0 amide bonds. The Morgan fingerprint density at radius 1 is 1.29 bits per heavy atom. The fourth-order valence-corrected chi connectivity index (χ4v) is 1.98. The molecule has 0 fully saturated rings. The van der Waals surface area contributed by atoms with Crippen LogP contribution in [0.4, 0.5) is 0 Å². The van der Waals surface area contributed by atoms with E-state index in [0.717, 1.165) is 4.47 Å². The lowest BCUT2D eigenvalue weighted by molar-refractivity contribution is 0.466. The van der Waals surface area contributed by atoms with Gasteiger partial charge in [0.15, 0.2) is 0 Å². The Morgan fingerprint density at radius 2 is 1.93 bits per heavy atom. The van der Waals surface area contributed by atoms with Crippen molar-refractivity contribution in [2.75, 3.05) is 13.1 Å². The molecule has 14 heavy (non-hydrogen) atoms. The maximum absolute atomic E-state index is 5.67. The van der Waals surface area contributed by atoms with Gasteiger partial charge < -0.3 is 11.5 Å². The minimum absolute atomic E-state index is 0.365. The molecule has 4 N–H and O–H groups in total. The zero-order valence-corrected chi connectivity index (χ0v) is 10.00. The number of nitrogens with two attached hydrogens (primary N) is 2. The highest BCUT2D eigenvalue weighted by atomic mass is 79.9. The molecule has 0 aliphatic rings. The van der Waals surface area contributed by atoms with Gasteiger partial charge in [-0.3, -0.25) is 0 Å². The first-order valence-corrected chi connectivity index (χ1v) is 5.64. The standard InChI is InChI=1S/C11H17BrN2/c1-8(10(6-13)7-14)9-3-2-4-11(12)5-9/h2-5,8,10H,6-7,13-14H2,1H3. The van der Waals surface area contributed by atoms with Crippen LogP contribution in [0.3, 0.4) is 0 Å². The molecule has 0 heterocycles. The minimum atomic E-state index is 0.365. The van der Waals surface area contributed by atoms with Crippen LogP contribution in [0.25, 0.3) is 0 Å². The van der Waals surface area contributed by atoms with Crippen LogP contribution in [0.15, 0.2) is 28.7 Å². The summed E-state index contributed by atoms with van der Waals surface area (Å²) in [5, 5.41) is 0. The van der Waals surface area contributed by atoms with Crippen LogP contribution >= 0.6 is 15.9 Å². The molecular weight excluding hydrogens is 240 g/mol. The van der Waals surface area contributed by atoms with E-state index in [-0.39, 0.29) is 0 Å². The van der Waals surface area contributed by atoms with E-state index in [4.69, 9.17) is 11.5 Å². The maximum atomic E-state index is 5.67. The van der Waals surface area contributed by atoms with Crippen molar-refractivity contribution in [3.05, 3.63) is 34.3 Å². The van der Waals surface area contributed by atoms with Crippen molar-refractivity contribution in [2.24, 2.45) is 17.4 Å². The molecule has 1 aromatic rings. The van der Waals surface area contributed by atoms with E-state index in [0.29, 0.717) is 24.9 Å². The third-order valence-corrected chi connectivity index (χ3v) is 3.18. The molecule has 78 valence electrons. The Labute approximate surface area is 93.8 Å². The summed E-state index contributed by atoms with van der Waals surface area (Å²) < 4.78 is 1.11. The van der Waals surface area contributed by atoms with Crippen molar-refractivity contribution in [3.8, 4) is 0 Å². The first-order valence-electron chi connectivity index (χ1n) is 4.84. The third-order valence-electron chi connectivity index (χ3n) is 2.69. The van der Waals surface area contributed by atoms with Crippen molar-refractivity contribution in [1.29, 1.82) is 0 Å². The van der Waals surface area contributed by atoms with Gasteiger partial charge in [-0.1, -0.05) is 35.0 Å². The van der Waals surface area contributed by atoms with Gasteiger partial charge in [0.25, 0.3) is 0 Å². The van der Waals surface area contributed by atoms with Crippen LogP contribution in [0.2, 0.25) is 0 Å². The molecule has 1 unspecified atom stereocenters. The molecule has 0 aromatic heterocycles. The Kier molecular flexibility index (Phi) is 4.58. The van der Waals surface area contributed by atoms with E-state index >= 15 is 0 Å². The van der Waals surface area contributed by atoms with Gasteiger partial charge in [-0.2, -0.15) is 0 Å². The van der Waals surface area contributed by atoms with Crippen LogP contribution in [-0.2, 0) is 0 Å². The Morgan fingerprint density at radius 3 is 2.43 bits per heavy atom. The third kappa shape index (κ3) is 2.80. The van der Waals surface area contributed by atoms with Gasteiger partial charge in [-0.25, -0.2) is 0 Å². The summed E-state index contributed by atoms with van der Waals surface area (Å²) in [6.45, 7) is 3.46. The van der Waals surface area contributed by atoms with Crippen LogP contribution < -0.4 is 11.5 Å². The number of hydrogen-bond donors (Lipinski definition) is 2. The van der Waals surface area contributed by atoms with Crippen LogP contribution in [-0.4, -0.2) is 13.1 Å². The SMILES string of the molecule is CC(c1cccc(Br)c1)C(CN)CN. The lowest BCUT2D eigenvalue weighted by Crippen LogP contribution is -2.27. The fraction of sp³-hybridized carbons (Fsp3) is 0.455. The molecule has 0 aliphatic carbocycles. The van der Waals surface area contributed by atoms with Gasteiger partial charge in [0.05, 0.1) is 0 Å². The summed E-state index contributed by atoms with van der Waals surface area (Å²) in [4.78, 5) is 0. The summed E-state index contributed by atoms with van der Waals surface area (Å²) in [6, 6.07) is 8.31. The predicted octanol–water partition coefficient (Wildman–Crippen LogP) is 2.09. The predicted molar refractivity (Wildman–Crippen MR) is 64.2 cm³/mol. The monoisotopic (exact) mass is 256 g/mol. The zero-order valence-electron chi connectivity index (χ0n) is 8.41. The molecule has 0 radical (unpaired) electrons. The summed E-state index contributed by atoms with van der Waals surface area (Å²) in [7, 11) is 0. The molecule has 0 saturated carbocycles. The zero-order chi connectivity index (χ0) is 10.6. The molecule has 0 bridgehead atoms. The second-order valence-corrected chi connectivity index (χ2v) is 4.49. The summed E-state index contributed by atoms with van der Waals surface area (Å²) in [6.07, 6.45) is 0. The average molecular weight is 257 g/mol. The average Bonchev–Trinajstić information content (AvgIpc) is 2.19. The van der Waals surface area contributed by atoms with Crippen molar-refractivity contribution < 1.29 is 0 Å². The Hall–Kier alpha value is -0.380. The van der Waals surface area contributed by atoms with E-state index in [1.807, 2.05) is 12.1 Å². The minimum Gasteiger partial charge on any atom is -0.330 e. The van der Waals surface area contributed by atoms with E-state index in [1.54, 1.807) is 0 Å². The first-order chi connectivity index (χ1) is 6.69. The molecular formula is C11H17BrN2. The molecule has 0 spiro atoms. The first kappa shape index (κ1) is 11.7. The molecule has 1 rings (SSSR count). The van der Waals surface area contributed by atoms with Crippen molar-refractivity contribution in [3.63, 3.8) is 0 Å². The molecule has 2 nitrogen and oxygen atoms in total. The van der Waals surface area contributed by atoms with Gasteiger partial charge in [-0.05, 0) is 42.6 Å². The highest BCUT2D eigenvalue weighted by molar-refractivity contribution is 9.10. The number of rotatable bonds is 4. The van der Waals surface area contributed by atoms with Gasteiger partial charge in [0, 0.05) is 4.47 Å². The van der Waals surface area contributed by atoms with E-state index in [1.165, 1.54) is 5.56 Å². The van der Waals surface area contributed by atoms with Crippen molar-refractivity contribution >= 4 is 15.9 Å². The lowest BCUT2D eigenvalue weighted by Gasteiger charge is -2.21. The van der Waals surface area contributed by atoms with E-state index < -0.39 is 0 Å².